The number of allylic oxidation sites excluding steroid dienone is 1. The lowest BCUT2D eigenvalue weighted by molar-refractivity contribution is 0.304. The lowest BCUT2D eigenvalue weighted by Gasteiger charge is -2.15. The van der Waals surface area contributed by atoms with Crippen molar-refractivity contribution >= 4 is 22.6 Å². The van der Waals surface area contributed by atoms with Crippen molar-refractivity contribution in [2.75, 3.05) is 6.61 Å². The summed E-state index contributed by atoms with van der Waals surface area (Å²) in [4.78, 5) is 5.80. The predicted octanol–water partition coefficient (Wildman–Crippen LogP) is 4.44. The van der Waals surface area contributed by atoms with Crippen molar-refractivity contribution in [2.24, 2.45) is 5.73 Å². The van der Waals surface area contributed by atoms with Crippen molar-refractivity contribution < 1.29 is 4.74 Å². The van der Waals surface area contributed by atoms with Gasteiger partial charge in [-0.15, -0.1) is 0 Å². The molecule has 1 aliphatic carbocycles. The summed E-state index contributed by atoms with van der Waals surface area (Å²) in [6.45, 7) is 3.07. The molecule has 0 saturated carbocycles. The van der Waals surface area contributed by atoms with Gasteiger partial charge in [0.15, 0.2) is 5.70 Å². The van der Waals surface area contributed by atoms with Crippen LogP contribution in [0.2, 0.25) is 0 Å². The van der Waals surface area contributed by atoms with E-state index in [9.17, 15) is 0 Å². The number of aryl methyl sites for hydroxylation is 1. The highest BCUT2D eigenvalue weighted by molar-refractivity contribution is 8.17. The fraction of sp³-hybridized carbons (Fsp3) is 0.526. The van der Waals surface area contributed by atoms with Gasteiger partial charge in [0.2, 0.25) is 0 Å². The van der Waals surface area contributed by atoms with Crippen molar-refractivity contribution in [3.8, 4) is 5.75 Å². The Hall–Kier alpha value is -1.42. The lowest BCUT2D eigenvalue weighted by atomic mass is 9.94. The van der Waals surface area contributed by atoms with Crippen LogP contribution in [-0.4, -0.2) is 11.8 Å². The molecule has 0 aromatic heterocycles. The fourth-order valence-corrected chi connectivity index (χ4v) is 4.01. The first-order valence-electron chi connectivity index (χ1n) is 8.79. The van der Waals surface area contributed by atoms with Gasteiger partial charge in [-0.2, -0.15) is 0 Å². The van der Waals surface area contributed by atoms with Crippen LogP contribution in [0.5, 0.6) is 5.75 Å². The summed E-state index contributed by atoms with van der Waals surface area (Å²) in [7, 11) is 0. The summed E-state index contributed by atoms with van der Waals surface area (Å²) in [6, 6.07) is 6.40. The maximum atomic E-state index is 5.93. The first-order valence-corrected chi connectivity index (χ1v) is 9.61. The van der Waals surface area contributed by atoms with E-state index < -0.39 is 0 Å². The molecule has 23 heavy (non-hydrogen) atoms. The van der Waals surface area contributed by atoms with Crippen molar-refractivity contribution in [1.82, 2.24) is 4.99 Å². The van der Waals surface area contributed by atoms with Crippen LogP contribution in [0.3, 0.4) is 0 Å². The summed E-state index contributed by atoms with van der Waals surface area (Å²) >= 11 is 1.62. The third kappa shape index (κ3) is 4.11. The minimum Gasteiger partial charge on any atom is -0.494 e. The Morgan fingerprint density at radius 3 is 2.83 bits per heavy atom. The quantitative estimate of drug-likeness (QED) is 0.717. The number of amidine groups is 1. The van der Waals surface area contributed by atoms with Crippen LogP contribution in [-0.2, 0) is 6.42 Å². The molecule has 1 radical (unpaired) electrons. The molecule has 2 N–H and O–H groups in total. The van der Waals surface area contributed by atoms with E-state index in [1.165, 1.54) is 48.1 Å². The summed E-state index contributed by atoms with van der Waals surface area (Å²) in [5.41, 5.74) is 9.50. The van der Waals surface area contributed by atoms with E-state index in [1.807, 2.05) is 0 Å². The number of rotatable bonds is 8. The summed E-state index contributed by atoms with van der Waals surface area (Å²) in [6.07, 6.45) is 9.85. The van der Waals surface area contributed by atoms with E-state index in [-0.39, 0.29) is 0 Å². The maximum Gasteiger partial charge on any atom is 0.355 e. The molecular formula is C19H26N2OS+. The number of ether oxygens (including phenoxy) is 1. The van der Waals surface area contributed by atoms with Crippen molar-refractivity contribution in [2.45, 2.75) is 58.3 Å². The van der Waals surface area contributed by atoms with E-state index in [0.29, 0.717) is 5.17 Å². The van der Waals surface area contributed by atoms with Gasteiger partial charge in [0.1, 0.15) is 5.75 Å². The molecule has 0 fully saturated rings. The van der Waals surface area contributed by atoms with Crippen LogP contribution in [0.25, 0.3) is 5.70 Å². The SMILES string of the molecule is CCCCCCCCOc1ccc2c(c1)CCC1=C2[N+]=C(N)S1. The molecule has 0 spiro atoms. The lowest BCUT2D eigenvalue weighted by Crippen LogP contribution is -2.09. The van der Waals surface area contributed by atoms with Crippen molar-refractivity contribution in [3.05, 3.63) is 34.2 Å². The second-order valence-corrected chi connectivity index (χ2v) is 7.37. The highest BCUT2D eigenvalue weighted by atomic mass is 32.2. The van der Waals surface area contributed by atoms with Crippen LogP contribution >= 0.6 is 11.8 Å². The Bertz CT molecular complexity index is 622. The number of hydrogen-bond donors (Lipinski definition) is 1. The normalized spacial score (nSPS) is 16.1. The first kappa shape index (κ1) is 16.4. The Morgan fingerprint density at radius 2 is 1.96 bits per heavy atom. The molecule has 123 valence electrons. The molecule has 1 aliphatic heterocycles. The number of benzene rings is 1. The Morgan fingerprint density at radius 1 is 1.13 bits per heavy atom. The van der Waals surface area contributed by atoms with Gasteiger partial charge in [-0.3, -0.25) is 5.73 Å². The number of nitrogens with zero attached hydrogens (tertiary/aromatic N) is 1. The van der Waals surface area contributed by atoms with Crippen LogP contribution in [0.1, 0.15) is 63.0 Å². The van der Waals surface area contributed by atoms with E-state index in [2.05, 4.69) is 30.1 Å². The van der Waals surface area contributed by atoms with Crippen molar-refractivity contribution in [1.29, 1.82) is 0 Å². The minimum atomic E-state index is 0.672. The smallest absolute Gasteiger partial charge is 0.355 e. The monoisotopic (exact) mass is 330 g/mol. The first-order chi connectivity index (χ1) is 11.3. The molecule has 0 unspecified atom stereocenters. The van der Waals surface area contributed by atoms with Gasteiger partial charge >= 0.3 is 5.17 Å². The van der Waals surface area contributed by atoms with Crippen LogP contribution in [0.4, 0.5) is 0 Å². The molecule has 1 aromatic carbocycles. The fourth-order valence-electron chi connectivity index (χ4n) is 3.17. The molecular weight excluding hydrogens is 304 g/mol. The summed E-state index contributed by atoms with van der Waals surface area (Å²) in [5.74, 6) is 0.990. The number of unbranched alkanes of at least 4 members (excludes halogenated alkanes) is 5. The van der Waals surface area contributed by atoms with E-state index in [1.54, 1.807) is 11.8 Å². The van der Waals surface area contributed by atoms with Crippen LogP contribution < -0.4 is 15.5 Å². The molecule has 2 aliphatic rings. The van der Waals surface area contributed by atoms with Gasteiger partial charge in [-0.1, -0.05) is 39.0 Å². The Balaban J connectivity index is 1.52. The second kappa shape index (κ2) is 7.91. The zero-order valence-electron chi connectivity index (χ0n) is 13.9. The van der Waals surface area contributed by atoms with Gasteiger partial charge in [0.05, 0.1) is 6.61 Å². The highest BCUT2D eigenvalue weighted by Crippen LogP contribution is 2.39. The van der Waals surface area contributed by atoms with Gasteiger partial charge in [-0.25, -0.2) is 0 Å². The van der Waals surface area contributed by atoms with Crippen LogP contribution in [0.15, 0.2) is 23.1 Å². The number of hydrogen-bond acceptors (Lipinski definition) is 4. The zero-order valence-corrected chi connectivity index (χ0v) is 14.8. The van der Waals surface area contributed by atoms with Gasteiger partial charge in [0, 0.05) is 22.2 Å². The predicted molar refractivity (Wildman–Crippen MR) is 99.5 cm³/mol. The third-order valence-electron chi connectivity index (χ3n) is 4.43. The zero-order chi connectivity index (χ0) is 16.1. The van der Waals surface area contributed by atoms with Gasteiger partial charge in [0.25, 0.3) is 0 Å². The van der Waals surface area contributed by atoms with Gasteiger partial charge in [-0.05, 0) is 48.0 Å². The molecule has 1 heterocycles. The van der Waals surface area contributed by atoms with Gasteiger partial charge < -0.3 is 4.74 Å². The van der Waals surface area contributed by atoms with Crippen LogP contribution in [0, 0.1) is 0 Å². The molecule has 0 amide bonds. The topological polar surface area (TPSA) is 49.4 Å². The number of aliphatic imine (C=N–C) groups is 1. The second-order valence-electron chi connectivity index (χ2n) is 6.26. The number of nitrogens with two attached hydrogens (primary N) is 1. The summed E-state index contributed by atoms with van der Waals surface area (Å²) in [5, 5.41) is 0.672. The Labute approximate surface area is 143 Å². The highest BCUT2D eigenvalue weighted by Gasteiger charge is 2.31. The number of fused-ring (bicyclic) bond motifs is 2. The molecule has 0 saturated heterocycles. The summed E-state index contributed by atoms with van der Waals surface area (Å²) < 4.78 is 5.93. The largest absolute Gasteiger partial charge is 0.494 e. The third-order valence-corrected chi connectivity index (χ3v) is 5.38. The molecule has 1 aromatic rings. The molecule has 0 bridgehead atoms. The molecule has 3 rings (SSSR count). The number of thioether (sulfide) groups is 1. The van der Waals surface area contributed by atoms with E-state index >= 15 is 0 Å². The standard InChI is InChI=1S/C19H26N2OS/c1-2-3-4-5-6-7-12-22-15-9-10-16-14(13-15)8-11-17-18(16)21-19(20)23-17/h9-10,13H,2-8,11-12,20H2,1H3/q+1. The van der Waals surface area contributed by atoms with E-state index in [0.717, 1.165) is 37.3 Å². The maximum absolute atomic E-state index is 5.93. The molecule has 4 heteroatoms. The van der Waals surface area contributed by atoms with Crippen molar-refractivity contribution in [3.63, 3.8) is 0 Å². The van der Waals surface area contributed by atoms with E-state index in [4.69, 9.17) is 10.5 Å². The molecule has 3 nitrogen and oxygen atoms in total. The average molecular weight is 330 g/mol. The Kier molecular flexibility index (Phi) is 5.65. The molecule has 0 atom stereocenters. The minimum absolute atomic E-state index is 0.672. The average Bonchev–Trinajstić information content (AvgIpc) is 2.94.